The standard InChI is InChI=1S/C35H38ClNO3S.Na/c1-34(2,40)30-9-4-3-7-27(30)23-41-32(16-17-35(18-19-35)22-33(38)39)26-8-5-6-24(20-26)10-14-29-15-12-25-11-13-28(36)21-31(25)37-29;/h3-9,11-13,15,20-21,32,40H,10,14,16-19,22-23H2,1-2H3,(H,38,39);/q;+1/p-1/t32-;/m0./s1. The molecule has 0 spiro atoms. The summed E-state index contributed by atoms with van der Waals surface area (Å²) in [4.78, 5) is 16.2. The van der Waals surface area contributed by atoms with Crippen LogP contribution in [0.4, 0.5) is 0 Å². The quantitative estimate of drug-likeness (QED) is 0.225. The van der Waals surface area contributed by atoms with E-state index >= 15 is 0 Å². The van der Waals surface area contributed by atoms with E-state index in [0.717, 1.165) is 72.0 Å². The van der Waals surface area contributed by atoms with E-state index in [4.69, 9.17) is 16.6 Å². The molecule has 1 N–H and O–H groups in total. The Labute approximate surface area is 280 Å². The second-order valence-electron chi connectivity index (χ2n) is 12.0. The van der Waals surface area contributed by atoms with Crippen molar-refractivity contribution in [1.82, 2.24) is 4.98 Å². The normalized spacial score (nSPS) is 14.8. The van der Waals surface area contributed by atoms with Gasteiger partial charge in [0, 0.05) is 33.1 Å². The number of aliphatic carboxylic acids is 1. The topological polar surface area (TPSA) is 73.2 Å². The zero-order valence-electron chi connectivity index (χ0n) is 24.7. The fourth-order valence-corrected chi connectivity index (χ4v) is 7.13. The average Bonchev–Trinajstić information content (AvgIpc) is 3.70. The van der Waals surface area contributed by atoms with Gasteiger partial charge in [-0.05, 0) is 105 Å². The number of carbonyl (C=O) groups excluding carboxylic acids is 1. The SMILES string of the molecule is CC(C)(O)c1ccccc1CS[C@@H](CCC1(CC(=O)[O-])CC1)c1cccc(CCc2ccc3ccc(Cl)cc3n2)c1.[Na+]. The van der Waals surface area contributed by atoms with Gasteiger partial charge in [-0.15, -0.1) is 11.8 Å². The van der Waals surface area contributed by atoms with Crippen LogP contribution in [0.5, 0.6) is 0 Å². The molecule has 0 unspecified atom stereocenters. The van der Waals surface area contributed by atoms with Gasteiger partial charge in [-0.2, -0.15) is 0 Å². The van der Waals surface area contributed by atoms with Crippen LogP contribution in [-0.2, 0) is 29.0 Å². The fraction of sp³-hybridized carbons (Fsp3) is 0.371. The van der Waals surface area contributed by atoms with Crippen LogP contribution >= 0.6 is 23.4 Å². The Balaban J connectivity index is 0.00000405. The number of rotatable bonds is 13. The molecule has 1 saturated carbocycles. The van der Waals surface area contributed by atoms with Crippen LogP contribution in [0.15, 0.2) is 78.9 Å². The Bertz CT molecular complexity index is 1530. The number of carbonyl (C=O) groups is 1. The van der Waals surface area contributed by atoms with Crippen molar-refractivity contribution in [3.63, 3.8) is 0 Å². The molecule has 7 heteroatoms. The van der Waals surface area contributed by atoms with Crippen LogP contribution in [-0.4, -0.2) is 16.1 Å². The third kappa shape index (κ3) is 8.84. The van der Waals surface area contributed by atoms with Crippen molar-refractivity contribution in [2.45, 2.75) is 75.4 Å². The Morgan fingerprint density at radius 1 is 1.05 bits per heavy atom. The Morgan fingerprint density at radius 3 is 2.55 bits per heavy atom. The fourth-order valence-electron chi connectivity index (χ4n) is 5.71. The number of aliphatic hydroxyl groups is 1. The number of aryl methyl sites for hydroxylation is 2. The molecule has 0 bridgehead atoms. The van der Waals surface area contributed by atoms with Crippen molar-refractivity contribution in [1.29, 1.82) is 0 Å². The van der Waals surface area contributed by atoms with Gasteiger partial charge in [-0.1, -0.05) is 72.3 Å². The first-order valence-electron chi connectivity index (χ1n) is 14.4. The van der Waals surface area contributed by atoms with E-state index in [2.05, 4.69) is 42.5 Å². The van der Waals surface area contributed by atoms with Crippen LogP contribution < -0.4 is 34.7 Å². The summed E-state index contributed by atoms with van der Waals surface area (Å²) in [6.07, 6.45) is 5.56. The molecule has 5 rings (SSSR count). The van der Waals surface area contributed by atoms with Gasteiger partial charge in [0.2, 0.25) is 0 Å². The second kappa shape index (κ2) is 14.3. The maximum absolute atomic E-state index is 11.4. The molecule has 0 saturated heterocycles. The molecule has 214 valence electrons. The van der Waals surface area contributed by atoms with Crippen LogP contribution in [0.2, 0.25) is 5.02 Å². The summed E-state index contributed by atoms with van der Waals surface area (Å²) >= 11 is 8.05. The first kappa shape index (κ1) is 33.0. The van der Waals surface area contributed by atoms with Crippen molar-refractivity contribution >= 4 is 40.2 Å². The molecular formula is C35H37ClNNaO3S. The van der Waals surface area contributed by atoms with Crippen molar-refractivity contribution < 1.29 is 44.6 Å². The summed E-state index contributed by atoms with van der Waals surface area (Å²) in [5, 5.41) is 24.1. The minimum Gasteiger partial charge on any atom is -0.550 e. The molecule has 42 heavy (non-hydrogen) atoms. The van der Waals surface area contributed by atoms with Gasteiger partial charge in [-0.25, -0.2) is 0 Å². The molecular weight excluding hydrogens is 573 g/mol. The number of aromatic nitrogens is 1. The first-order valence-corrected chi connectivity index (χ1v) is 15.8. The number of nitrogens with zero attached hydrogens (tertiary/aromatic N) is 1. The number of carboxylic acids is 1. The third-order valence-electron chi connectivity index (χ3n) is 8.23. The predicted octanol–water partition coefficient (Wildman–Crippen LogP) is 4.58. The van der Waals surface area contributed by atoms with Gasteiger partial charge in [0.15, 0.2) is 0 Å². The average molecular weight is 610 g/mol. The maximum Gasteiger partial charge on any atom is 1.00 e. The molecule has 1 fully saturated rings. The second-order valence-corrected chi connectivity index (χ2v) is 13.6. The van der Waals surface area contributed by atoms with Crippen LogP contribution in [0.25, 0.3) is 10.9 Å². The van der Waals surface area contributed by atoms with Crippen LogP contribution in [0.1, 0.15) is 79.1 Å². The largest absolute Gasteiger partial charge is 1.00 e. The molecule has 0 aliphatic heterocycles. The Hall–Kier alpha value is -1.86. The van der Waals surface area contributed by atoms with Gasteiger partial charge >= 0.3 is 29.6 Å². The van der Waals surface area contributed by atoms with E-state index in [1.807, 2.05) is 62.0 Å². The summed E-state index contributed by atoms with van der Waals surface area (Å²) in [6.45, 7) is 3.65. The number of benzene rings is 3. The summed E-state index contributed by atoms with van der Waals surface area (Å²) in [6, 6.07) is 26.9. The summed E-state index contributed by atoms with van der Waals surface area (Å²) in [7, 11) is 0. The minimum atomic E-state index is -0.947. The molecule has 0 radical (unpaired) electrons. The Morgan fingerprint density at radius 2 is 1.81 bits per heavy atom. The monoisotopic (exact) mass is 609 g/mol. The van der Waals surface area contributed by atoms with Crippen molar-refractivity contribution in [2.24, 2.45) is 5.41 Å². The van der Waals surface area contributed by atoms with E-state index in [-0.39, 0.29) is 46.6 Å². The number of halogens is 1. The van der Waals surface area contributed by atoms with Gasteiger partial charge < -0.3 is 15.0 Å². The smallest absolute Gasteiger partial charge is 0.550 e. The number of fused-ring (bicyclic) bond motifs is 1. The molecule has 4 nitrogen and oxygen atoms in total. The van der Waals surface area contributed by atoms with E-state index in [9.17, 15) is 15.0 Å². The zero-order chi connectivity index (χ0) is 29.0. The summed E-state index contributed by atoms with van der Waals surface area (Å²) < 4.78 is 0. The first-order chi connectivity index (χ1) is 19.6. The number of thioether (sulfide) groups is 1. The maximum atomic E-state index is 11.4. The van der Waals surface area contributed by atoms with Crippen molar-refractivity contribution in [2.75, 3.05) is 0 Å². The summed E-state index contributed by atoms with van der Waals surface area (Å²) in [5.74, 6) is -0.177. The van der Waals surface area contributed by atoms with E-state index < -0.39 is 11.6 Å². The van der Waals surface area contributed by atoms with Crippen molar-refractivity contribution in [3.05, 3.63) is 112 Å². The number of pyridine rings is 1. The molecule has 1 aliphatic rings. The van der Waals surface area contributed by atoms with E-state index in [0.29, 0.717) is 5.02 Å². The van der Waals surface area contributed by atoms with Gasteiger partial charge in [0.25, 0.3) is 0 Å². The zero-order valence-corrected chi connectivity index (χ0v) is 28.3. The predicted molar refractivity (Wildman–Crippen MR) is 167 cm³/mol. The number of hydrogen-bond acceptors (Lipinski definition) is 5. The van der Waals surface area contributed by atoms with Crippen molar-refractivity contribution in [3.8, 4) is 0 Å². The third-order valence-corrected chi connectivity index (χ3v) is 9.86. The molecule has 1 aliphatic carbocycles. The van der Waals surface area contributed by atoms with Crippen LogP contribution in [0.3, 0.4) is 0 Å². The molecule has 4 aromatic rings. The van der Waals surface area contributed by atoms with Crippen LogP contribution in [0, 0.1) is 5.41 Å². The number of carboxylic acid groups (broad SMARTS) is 1. The minimum absolute atomic E-state index is 0. The van der Waals surface area contributed by atoms with Gasteiger partial charge in [0.1, 0.15) is 0 Å². The molecule has 3 aromatic carbocycles. The van der Waals surface area contributed by atoms with Gasteiger partial charge in [0.05, 0.1) is 11.1 Å². The number of hydrogen-bond donors (Lipinski definition) is 1. The summed E-state index contributed by atoms with van der Waals surface area (Å²) in [5.41, 5.74) is 5.52. The van der Waals surface area contributed by atoms with Gasteiger partial charge in [-0.3, -0.25) is 4.98 Å². The molecule has 1 atom stereocenters. The van der Waals surface area contributed by atoms with E-state index in [1.165, 1.54) is 11.1 Å². The molecule has 1 heterocycles. The Kier molecular flexibility index (Phi) is 11.2. The molecule has 1 aromatic heterocycles. The molecule has 0 amide bonds. The van der Waals surface area contributed by atoms with E-state index in [1.54, 1.807) is 0 Å².